The third-order valence-corrected chi connectivity index (χ3v) is 4.94. The third-order valence-electron chi connectivity index (χ3n) is 4.94. The molecule has 0 aromatic carbocycles. The number of aromatic nitrogens is 3. The Morgan fingerprint density at radius 3 is 2.38 bits per heavy atom. The topological polar surface area (TPSA) is 83.9 Å². The molecule has 3 aliphatic rings. The molecule has 0 radical (unpaired) electrons. The molecule has 0 unspecified atom stereocenters. The number of hydrogen-bond acceptors (Lipinski definition) is 8. The monoisotopic (exact) mass is 334 g/mol. The summed E-state index contributed by atoms with van der Waals surface area (Å²) in [6, 6.07) is 0. The summed E-state index contributed by atoms with van der Waals surface area (Å²) in [7, 11) is 0. The Kier molecular flexibility index (Phi) is 4.19. The molecular weight excluding hydrogens is 312 g/mol. The summed E-state index contributed by atoms with van der Waals surface area (Å²) < 4.78 is 11.5. The minimum absolute atomic E-state index is 0.396. The van der Waals surface area contributed by atoms with Gasteiger partial charge in [-0.05, 0) is 0 Å². The molecule has 0 N–H and O–H groups in total. The number of hydrogen-bond donors (Lipinski definition) is 0. The summed E-state index contributed by atoms with van der Waals surface area (Å²) in [6.07, 6.45) is 4.23. The molecule has 4 heterocycles. The second kappa shape index (κ2) is 6.48. The highest BCUT2D eigenvalue weighted by atomic mass is 16.7. The lowest BCUT2D eigenvalue weighted by molar-refractivity contribution is -0.169. The Morgan fingerprint density at radius 1 is 1.00 bits per heavy atom. The lowest BCUT2D eigenvalue weighted by Gasteiger charge is -2.37. The fourth-order valence-electron chi connectivity index (χ4n) is 3.46. The molecule has 9 heteroatoms. The Labute approximate surface area is 140 Å². The van der Waals surface area contributed by atoms with Crippen LogP contribution in [0.5, 0.6) is 0 Å². The average Bonchev–Trinajstić information content (AvgIpc) is 3.10. The largest absolute Gasteiger partial charge is 0.352 e. The summed E-state index contributed by atoms with van der Waals surface area (Å²) in [5, 5.41) is 8.32. The first-order valence-corrected chi connectivity index (χ1v) is 8.45. The highest BCUT2D eigenvalue weighted by Crippen LogP contribution is 2.32. The van der Waals surface area contributed by atoms with E-state index in [0.717, 1.165) is 51.2 Å². The van der Waals surface area contributed by atoms with Gasteiger partial charge in [-0.1, -0.05) is 0 Å². The van der Waals surface area contributed by atoms with Crippen LogP contribution in [0.1, 0.15) is 12.8 Å². The fraction of sp³-hybridized carbons (Fsp3) is 0.733. The van der Waals surface area contributed by atoms with Gasteiger partial charge in [-0.25, -0.2) is 0 Å². The SMILES string of the molecule is O=CN1CCN(c2cnnc(N3CCC4(CC3)OCCO4)n2)CC1. The maximum absolute atomic E-state index is 10.8. The van der Waals surface area contributed by atoms with E-state index in [-0.39, 0.29) is 0 Å². The number of nitrogens with zero attached hydrogens (tertiary/aromatic N) is 6. The molecule has 0 atom stereocenters. The number of rotatable bonds is 3. The first kappa shape index (κ1) is 15.5. The van der Waals surface area contributed by atoms with Gasteiger partial charge in [0.1, 0.15) is 0 Å². The first-order chi connectivity index (χ1) is 11.8. The van der Waals surface area contributed by atoms with Crippen molar-refractivity contribution in [2.24, 2.45) is 0 Å². The van der Waals surface area contributed by atoms with Crippen LogP contribution in [0.4, 0.5) is 11.8 Å². The van der Waals surface area contributed by atoms with E-state index in [1.54, 1.807) is 11.1 Å². The molecule has 0 aliphatic carbocycles. The highest BCUT2D eigenvalue weighted by Gasteiger charge is 2.40. The Hall–Kier alpha value is -2.00. The van der Waals surface area contributed by atoms with Gasteiger partial charge in [-0.15, -0.1) is 5.10 Å². The van der Waals surface area contributed by atoms with Crippen LogP contribution in [0.3, 0.4) is 0 Å². The molecule has 9 nitrogen and oxygen atoms in total. The molecule has 4 rings (SSSR count). The van der Waals surface area contributed by atoms with Crippen molar-refractivity contribution >= 4 is 18.2 Å². The number of anilines is 2. The van der Waals surface area contributed by atoms with E-state index < -0.39 is 5.79 Å². The predicted molar refractivity (Wildman–Crippen MR) is 85.8 cm³/mol. The Balaban J connectivity index is 1.41. The third kappa shape index (κ3) is 3.01. The molecule has 3 aliphatic heterocycles. The average molecular weight is 334 g/mol. The number of ether oxygens (including phenoxy) is 2. The summed E-state index contributed by atoms with van der Waals surface area (Å²) in [6.45, 7) is 5.91. The van der Waals surface area contributed by atoms with Gasteiger partial charge in [0.15, 0.2) is 11.6 Å². The summed E-state index contributed by atoms with van der Waals surface area (Å²) >= 11 is 0. The van der Waals surface area contributed by atoms with Crippen LogP contribution >= 0.6 is 0 Å². The maximum atomic E-state index is 10.8. The van der Waals surface area contributed by atoms with Gasteiger partial charge < -0.3 is 24.2 Å². The van der Waals surface area contributed by atoms with Gasteiger partial charge >= 0.3 is 0 Å². The van der Waals surface area contributed by atoms with E-state index in [1.807, 2.05) is 0 Å². The lowest BCUT2D eigenvalue weighted by Crippen LogP contribution is -2.47. The molecule has 1 aromatic rings. The van der Waals surface area contributed by atoms with E-state index >= 15 is 0 Å². The van der Waals surface area contributed by atoms with Crippen LogP contribution < -0.4 is 9.80 Å². The van der Waals surface area contributed by atoms with Crippen LogP contribution in [0.2, 0.25) is 0 Å². The van der Waals surface area contributed by atoms with Gasteiger partial charge in [0.05, 0.1) is 19.4 Å². The van der Waals surface area contributed by atoms with Crippen molar-refractivity contribution in [1.29, 1.82) is 0 Å². The van der Waals surface area contributed by atoms with Crippen LogP contribution in [-0.4, -0.2) is 84.8 Å². The van der Waals surface area contributed by atoms with E-state index in [0.29, 0.717) is 32.3 Å². The smallest absolute Gasteiger partial charge is 0.247 e. The number of piperazine rings is 1. The zero-order valence-corrected chi connectivity index (χ0v) is 13.6. The normalized spacial score (nSPS) is 23.8. The Bertz CT molecular complexity index is 576. The minimum atomic E-state index is -0.396. The Morgan fingerprint density at radius 2 is 1.71 bits per heavy atom. The van der Waals surface area contributed by atoms with Crippen molar-refractivity contribution in [3.8, 4) is 0 Å². The van der Waals surface area contributed by atoms with E-state index in [2.05, 4.69) is 25.0 Å². The summed E-state index contributed by atoms with van der Waals surface area (Å²) in [5.41, 5.74) is 0. The molecule has 130 valence electrons. The number of piperidine rings is 1. The van der Waals surface area contributed by atoms with E-state index in [4.69, 9.17) is 9.47 Å². The van der Waals surface area contributed by atoms with Crippen molar-refractivity contribution in [3.05, 3.63) is 6.20 Å². The molecule has 24 heavy (non-hydrogen) atoms. The molecule has 0 bridgehead atoms. The van der Waals surface area contributed by atoms with Gasteiger partial charge in [0, 0.05) is 52.1 Å². The van der Waals surface area contributed by atoms with Gasteiger partial charge in [0.25, 0.3) is 0 Å². The zero-order valence-electron chi connectivity index (χ0n) is 13.6. The molecule has 1 spiro atoms. The number of amides is 1. The molecule has 1 aromatic heterocycles. The first-order valence-electron chi connectivity index (χ1n) is 8.45. The maximum Gasteiger partial charge on any atom is 0.247 e. The molecule has 3 saturated heterocycles. The van der Waals surface area contributed by atoms with Gasteiger partial charge in [-0.3, -0.25) is 4.79 Å². The van der Waals surface area contributed by atoms with Crippen molar-refractivity contribution in [2.45, 2.75) is 18.6 Å². The fourth-order valence-corrected chi connectivity index (χ4v) is 3.46. The highest BCUT2D eigenvalue weighted by molar-refractivity contribution is 5.49. The predicted octanol–water partition coefficient (Wildman–Crippen LogP) is -0.507. The second-order valence-electron chi connectivity index (χ2n) is 6.34. The van der Waals surface area contributed by atoms with Crippen molar-refractivity contribution in [3.63, 3.8) is 0 Å². The number of carbonyl (C=O) groups is 1. The van der Waals surface area contributed by atoms with Gasteiger partial charge in [-0.2, -0.15) is 10.1 Å². The summed E-state index contributed by atoms with van der Waals surface area (Å²) in [4.78, 5) is 21.5. The standard InChI is InChI=1S/C15H22N6O3/c22-12-19-5-7-20(8-6-19)13-11-16-18-14(17-13)21-3-1-15(2-4-21)23-9-10-24-15/h11-12H,1-10H2. The quantitative estimate of drug-likeness (QED) is 0.684. The van der Waals surface area contributed by atoms with Crippen LogP contribution in [-0.2, 0) is 14.3 Å². The van der Waals surface area contributed by atoms with Crippen molar-refractivity contribution < 1.29 is 14.3 Å². The van der Waals surface area contributed by atoms with Crippen molar-refractivity contribution in [2.75, 3.05) is 62.3 Å². The van der Waals surface area contributed by atoms with Crippen LogP contribution in [0, 0.1) is 0 Å². The molecular formula is C15H22N6O3. The van der Waals surface area contributed by atoms with E-state index in [1.165, 1.54) is 0 Å². The second-order valence-corrected chi connectivity index (χ2v) is 6.34. The van der Waals surface area contributed by atoms with Crippen molar-refractivity contribution in [1.82, 2.24) is 20.1 Å². The van der Waals surface area contributed by atoms with Crippen LogP contribution in [0.25, 0.3) is 0 Å². The zero-order chi connectivity index (χ0) is 16.4. The molecule has 0 saturated carbocycles. The lowest BCUT2D eigenvalue weighted by atomic mass is 10.0. The molecule has 1 amide bonds. The molecule has 3 fully saturated rings. The number of carbonyl (C=O) groups excluding carboxylic acids is 1. The van der Waals surface area contributed by atoms with E-state index in [9.17, 15) is 4.79 Å². The van der Waals surface area contributed by atoms with Crippen LogP contribution in [0.15, 0.2) is 6.20 Å². The van der Waals surface area contributed by atoms with Gasteiger partial charge in [0.2, 0.25) is 12.4 Å². The minimum Gasteiger partial charge on any atom is -0.352 e. The summed E-state index contributed by atoms with van der Waals surface area (Å²) in [5.74, 6) is 1.07.